The van der Waals surface area contributed by atoms with Crippen LogP contribution in [0.3, 0.4) is 0 Å². The molecular weight excluding hydrogens is 773 g/mol. The molecule has 0 bridgehead atoms. The van der Waals surface area contributed by atoms with E-state index in [0.29, 0.717) is 19.3 Å². The Balaban J connectivity index is 4.62. The molecule has 0 saturated heterocycles. The summed E-state index contributed by atoms with van der Waals surface area (Å²) < 4.78 is 32.5. The van der Waals surface area contributed by atoms with Gasteiger partial charge in [-0.15, -0.1) is 0 Å². The number of aliphatic hydroxyl groups excluding tert-OH is 1. The van der Waals surface area contributed by atoms with Gasteiger partial charge >= 0.3 is 25.7 Å². The third-order valence-electron chi connectivity index (χ3n) is 8.72. The van der Waals surface area contributed by atoms with Crippen molar-refractivity contribution >= 4 is 25.7 Å². The summed E-state index contributed by atoms with van der Waals surface area (Å²) >= 11 is 0. The summed E-state index contributed by atoms with van der Waals surface area (Å²) in [7, 11) is -4.77. The van der Waals surface area contributed by atoms with Gasteiger partial charge in [0.15, 0.2) is 6.10 Å². The molecule has 0 rings (SSSR count). The van der Waals surface area contributed by atoms with Crippen molar-refractivity contribution in [2.45, 2.75) is 167 Å². The first-order chi connectivity index (χ1) is 28.5. The van der Waals surface area contributed by atoms with Crippen LogP contribution in [0.1, 0.15) is 149 Å². The van der Waals surface area contributed by atoms with E-state index in [1.807, 2.05) is 12.2 Å². The van der Waals surface area contributed by atoms with E-state index in [1.165, 1.54) is 38.5 Å². The van der Waals surface area contributed by atoms with Crippen molar-refractivity contribution < 1.29 is 52.6 Å². The van der Waals surface area contributed by atoms with Crippen LogP contribution in [0.2, 0.25) is 0 Å². The average molecular weight is 850 g/mol. The van der Waals surface area contributed by atoms with Crippen molar-refractivity contribution in [2.75, 3.05) is 19.8 Å². The zero-order chi connectivity index (χ0) is 43.7. The molecule has 5 N–H and O–H groups in total. The molecule has 12 nitrogen and oxygen atoms in total. The molecule has 59 heavy (non-hydrogen) atoms. The predicted molar refractivity (Wildman–Crippen MR) is 236 cm³/mol. The lowest BCUT2D eigenvalue weighted by Crippen LogP contribution is -2.34. The van der Waals surface area contributed by atoms with Gasteiger partial charge < -0.3 is 30.3 Å². The summed E-state index contributed by atoms with van der Waals surface area (Å²) in [6.45, 7) is 2.48. The first kappa shape index (κ1) is 55.6. The van der Waals surface area contributed by atoms with Crippen molar-refractivity contribution in [2.24, 2.45) is 5.73 Å². The van der Waals surface area contributed by atoms with E-state index in [0.717, 1.165) is 64.2 Å². The highest BCUT2D eigenvalue weighted by molar-refractivity contribution is 7.47. The van der Waals surface area contributed by atoms with Gasteiger partial charge in [-0.2, -0.15) is 0 Å². The molecule has 0 aromatic carbocycles. The topological polar surface area (TPSA) is 192 Å². The molecule has 0 aromatic rings. The minimum Gasteiger partial charge on any atom is -0.480 e. The van der Waals surface area contributed by atoms with E-state index in [9.17, 15) is 28.9 Å². The van der Waals surface area contributed by atoms with Crippen LogP contribution >= 0.6 is 7.82 Å². The Hall–Kier alpha value is -3.38. The van der Waals surface area contributed by atoms with Crippen molar-refractivity contribution in [1.29, 1.82) is 0 Å². The number of phosphoric ester groups is 1. The van der Waals surface area contributed by atoms with Crippen LogP contribution in [0, 0.1) is 0 Å². The number of nitrogens with two attached hydrogens (primary N) is 1. The lowest BCUT2D eigenvalue weighted by atomic mass is 10.1. The van der Waals surface area contributed by atoms with E-state index in [4.69, 9.17) is 24.8 Å². The molecule has 0 spiro atoms. The van der Waals surface area contributed by atoms with E-state index in [-0.39, 0.29) is 12.8 Å². The standard InChI is InChI=1S/C46H76NO11P/c1-3-5-7-9-11-13-15-17-18-20-22-24-26-28-32-36-44(49)55-38-42(39-56-59(53,54)57-40-43(47)46(51)52)58-45(50)37-33-29-31-35-41(48)34-30-27-25-23-21-19-16-14-12-10-8-6-4-2/h6,8,12,14,17-19,21,25,27,29-31,34,41-43,48H,3-5,7,9-11,13,15-16,20,22-24,26,28,32-33,35-40,47H2,1-2H3,(H,51,52)(H,53,54)/b8-6-,14-12-,18-17-,21-19-,27-25-,31-29-,34-30-/t41?,42-,43+/m1/s1. The van der Waals surface area contributed by atoms with Crippen LogP contribution in [0.4, 0.5) is 0 Å². The summed E-state index contributed by atoms with van der Waals surface area (Å²) in [6, 6.07) is -1.55. The van der Waals surface area contributed by atoms with Gasteiger partial charge in [0.1, 0.15) is 12.6 Å². The molecule has 13 heteroatoms. The number of aliphatic hydroxyl groups is 1. The SMILES string of the molecule is CC/C=C\C/C=C\C/C=C\C/C=C\C=C/C(O)C/C=C\CCC(=O)O[C@H](COC(=O)CCCCCCC/C=C\CCCCCCCC)COP(=O)(O)OC[C@H](N)C(=O)O. The normalized spacial score (nSPS) is 15.1. The first-order valence-electron chi connectivity index (χ1n) is 21.7. The van der Waals surface area contributed by atoms with Crippen LogP contribution < -0.4 is 5.73 Å². The Bertz CT molecular complexity index is 1340. The van der Waals surface area contributed by atoms with Crippen molar-refractivity contribution in [3.8, 4) is 0 Å². The molecule has 2 unspecified atom stereocenters. The van der Waals surface area contributed by atoms with E-state index in [1.54, 1.807) is 24.3 Å². The average Bonchev–Trinajstić information content (AvgIpc) is 3.21. The number of ether oxygens (including phenoxy) is 2. The minimum atomic E-state index is -4.77. The number of hydrogen-bond donors (Lipinski definition) is 4. The second-order valence-electron chi connectivity index (χ2n) is 14.3. The summed E-state index contributed by atoms with van der Waals surface area (Å²) in [5.41, 5.74) is 5.32. The molecule has 0 heterocycles. The van der Waals surface area contributed by atoms with Gasteiger partial charge in [-0.05, 0) is 70.6 Å². The number of allylic oxidation sites excluding steroid dienone is 12. The fraction of sp³-hybridized carbons (Fsp3) is 0.630. The third-order valence-corrected chi connectivity index (χ3v) is 9.67. The van der Waals surface area contributed by atoms with Crippen LogP contribution in [0.15, 0.2) is 85.1 Å². The largest absolute Gasteiger partial charge is 0.480 e. The summed E-state index contributed by atoms with van der Waals surface area (Å²) in [4.78, 5) is 45.9. The summed E-state index contributed by atoms with van der Waals surface area (Å²) in [5, 5.41) is 19.1. The fourth-order valence-corrected chi connectivity index (χ4v) is 6.06. The number of phosphoric acid groups is 1. The van der Waals surface area contributed by atoms with Crippen LogP contribution in [-0.4, -0.2) is 71.1 Å². The number of hydrogen-bond acceptors (Lipinski definition) is 10. The molecule has 0 aliphatic heterocycles. The smallest absolute Gasteiger partial charge is 0.472 e. The van der Waals surface area contributed by atoms with Gasteiger partial charge in [-0.3, -0.25) is 23.4 Å². The van der Waals surface area contributed by atoms with Gasteiger partial charge in [0, 0.05) is 12.8 Å². The predicted octanol–water partition coefficient (Wildman–Crippen LogP) is 10.5. The zero-order valence-corrected chi connectivity index (χ0v) is 36.8. The number of carbonyl (C=O) groups is 3. The molecule has 0 saturated carbocycles. The molecule has 0 radical (unpaired) electrons. The van der Waals surface area contributed by atoms with Crippen LogP contribution in [-0.2, 0) is 37.5 Å². The van der Waals surface area contributed by atoms with Gasteiger partial charge in [-0.1, -0.05) is 150 Å². The maximum Gasteiger partial charge on any atom is 0.472 e. The van der Waals surface area contributed by atoms with Crippen molar-refractivity contribution in [3.05, 3.63) is 85.1 Å². The molecule has 0 amide bonds. The highest BCUT2D eigenvalue weighted by atomic mass is 31.2. The Morgan fingerprint density at radius 2 is 1.19 bits per heavy atom. The van der Waals surface area contributed by atoms with Gasteiger partial charge in [0.05, 0.1) is 19.3 Å². The number of carboxylic acid groups (broad SMARTS) is 1. The van der Waals surface area contributed by atoms with Crippen molar-refractivity contribution in [1.82, 2.24) is 0 Å². The highest BCUT2D eigenvalue weighted by Crippen LogP contribution is 2.43. The highest BCUT2D eigenvalue weighted by Gasteiger charge is 2.28. The number of carbonyl (C=O) groups excluding carboxylic acids is 2. The lowest BCUT2D eigenvalue weighted by molar-refractivity contribution is -0.161. The number of esters is 2. The molecule has 0 aliphatic rings. The first-order valence-corrected chi connectivity index (χ1v) is 23.2. The maximum absolute atomic E-state index is 12.6. The molecule has 4 atom stereocenters. The van der Waals surface area contributed by atoms with Crippen molar-refractivity contribution in [3.63, 3.8) is 0 Å². The number of carboxylic acids is 1. The van der Waals surface area contributed by atoms with Crippen LogP contribution in [0.5, 0.6) is 0 Å². The number of unbranched alkanes of at least 4 members (excludes halogenated alkanes) is 11. The summed E-state index contributed by atoms with van der Waals surface area (Å²) in [5.74, 6) is -2.60. The van der Waals surface area contributed by atoms with Gasteiger partial charge in [0.25, 0.3) is 0 Å². The van der Waals surface area contributed by atoms with E-state index < -0.39 is 63.8 Å². The Morgan fingerprint density at radius 1 is 0.627 bits per heavy atom. The van der Waals surface area contributed by atoms with Gasteiger partial charge in [-0.25, -0.2) is 4.57 Å². The quantitative estimate of drug-likeness (QED) is 0.0151. The minimum absolute atomic E-state index is 0.0511. The van der Waals surface area contributed by atoms with Gasteiger partial charge in [0.2, 0.25) is 0 Å². The van der Waals surface area contributed by atoms with E-state index >= 15 is 0 Å². The Morgan fingerprint density at radius 3 is 1.81 bits per heavy atom. The molecule has 0 aromatic heterocycles. The number of aliphatic carboxylic acids is 1. The lowest BCUT2D eigenvalue weighted by Gasteiger charge is -2.20. The molecule has 0 aliphatic carbocycles. The third kappa shape index (κ3) is 39.8. The summed E-state index contributed by atoms with van der Waals surface area (Å²) in [6.07, 6.45) is 45.4. The number of rotatable bonds is 39. The zero-order valence-electron chi connectivity index (χ0n) is 35.9. The fourth-order valence-electron chi connectivity index (χ4n) is 5.29. The molecule has 336 valence electrons. The second-order valence-corrected chi connectivity index (χ2v) is 15.7. The maximum atomic E-state index is 12.6. The monoisotopic (exact) mass is 850 g/mol. The second kappa shape index (κ2) is 40.0. The molecule has 0 fully saturated rings. The molecular formula is C46H76NO11P. The Kier molecular flexibility index (Phi) is 37.8. The van der Waals surface area contributed by atoms with Crippen LogP contribution in [0.25, 0.3) is 0 Å². The van der Waals surface area contributed by atoms with E-state index in [2.05, 4.69) is 67.0 Å². The Labute approximate surface area is 355 Å².